The Morgan fingerprint density at radius 1 is 0.840 bits per heavy atom. The summed E-state index contributed by atoms with van der Waals surface area (Å²) in [6, 6.07) is 6.99. The van der Waals surface area contributed by atoms with Crippen molar-refractivity contribution in [3.63, 3.8) is 0 Å². The maximum absolute atomic E-state index is 11.9. The summed E-state index contributed by atoms with van der Waals surface area (Å²) in [4.78, 5) is 23.8. The lowest BCUT2D eigenvalue weighted by Crippen LogP contribution is -2.28. The van der Waals surface area contributed by atoms with E-state index in [0.29, 0.717) is 24.3 Å². The molecule has 0 fully saturated rings. The van der Waals surface area contributed by atoms with Crippen LogP contribution in [0.3, 0.4) is 0 Å². The Morgan fingerprint density at radius 3 is 2.20 bits per heavy atom. The van der Waals surface area contributed by atoms with Gasteiger partial charge in [0.05, 0.1) is 6.54 Å². The average Bonchev–Trinajstić information content (AvgIpc) is 2.61. The Bertz CT molecular complexity index is 500. The zero-order chi connectivity index (χ0) is 18.3. The Labute approximate surface area is 152 Å². The van der Waals surface area contributed by atoms with Crippen molar-refractivity contribution in [1.29, 1.82) is 0 Å². The molecule has 25 heavy (non-hydrogen) atoms. The normalized spacial score (nSPS) is 10.5. The van der Waals surface area contributed by atoms with Gasteiger partial charge in [-0.25, -0.2) is 0 Å². The molecule has 1 rings (SSSR count). The van der Waals surface area contributed by atoms with Crippen LogP contribution < -0.4 is 16.0 Å². The molecule has 2 amide bonds. The number of carbonyl (C=O) groups is 2. The van der Waals surface area contributed by atoms with Gasteiger partial charge in [-0.3, -0.25) is 9.59 Å². The zero-order valence-corrected chi connectivity index (χ0v) is 15.7. The molecule has 0 radical (unpaired) electrons. The van der Waals surface area contributed by atoms with Gasteiger partial charge in [-0.15, -0.1) is 0 Å². The Morgan fingerprint density at radius 2 is 1.52 bits per heavy atom. The monoisotopic (exact) mass is 347 g/mol. The average molecular weight is 348 g/mol. The molecule has 0 spiro atoms. The van der Waals surface area contributed by atoms with Crippen molar-refractivity contribution in [2.75, 3.05) is 25.0 Å². The van der Waals surface area contributed by atoms with Crippen LogP contribution in [0.5, 0.6) is 0 Å². The van der Waals surface area contributed by atoms with Crippen molar-refractivity contribution < 1.29 is 9.59 Å². The molecule has 3 N–H and O–H groups in total. The minimum Gasteiger partial charge on any atom is -0.352 e. The van der Waals surface area contributed by atoms with Gasteiger partial charge in [0, 0.05) is 17.8 Å². The topological polar surface area (TPSA) is 70.2 Å². The van der Waals surface area contributed by atoms with E-state index >= 15 is 0 Å². The highest BCUT2D eigenvalue weighted by molar-refractivity contribution is 5.96. The van der Waals surface area contributed by atoms with E-state index in [2.05, 4.69) is 29.8 Å². The molecule has 0 atom stereocenters. The smallest absolute Gasteiger partial charge is 0.251 e. The molecular formula is C20H33N3O2. The number of nitrogens with one attached hydrogen (secondary N) is 3. The van der Waals surface area contributed by atoms with Crippen LogP contribution in [0, 0.1) is 0 Å². The van der Waals surface area contributed by atoms with Crippen molar-refractivity contribution in [1.82, 2.24) is 10.6 Å². The fraction of sp³-hybridized carbons (Fsp3) is 0.600. The van der Waals surface area contributed by atoms with Gasteiger partial charge in [-0.1, -0.05) is 46.0 Å². The summed E-state index contributed by atoms with van der Waals surface area (Å²) < 4.78 is 0. The van der Waals surface area contributed by atoms with Gasteiger partial charge >= 0.3 is 0 Å². The first-order valence-electron chi connectivity index (χ1n) is 9.56. The van der Waals surface area contributed by atoms with E-state index < -0.39 is 0 Å². The molecule has 0 aliphatic carbocycles. The van der Waals surface area contributed by atoms with Crippen molar-refractivity contribution in [3.8, 4) is 0 Å². The molecule has 0 aliphatic rings. The number of benzene rings is 1. The lowest BCUT2D eigenvalue weighted by Gasteiger charge is -2.08. The van der Waals surface area contributed by atoms with Crippen LogP contribution in [0.25, 0.3) is 0 Å². The summed E-state index contributed by atoms with van der Waals surface area (Å²) in [6.45, 7) is 6.16. The highest BCUT2D eigenvalue weighted by atomic mass is 16.2. The molecule has 0 aliphatic heterocycles. The number of anilines is 1. The summed E-state index contributed by atoms with van der Waals surface area (Å²) in [7, 11) is 0. The van der Waals surface area contributed by atoms with E-state index in [0.717, 1.165) is 25.8 Å². The summed E-state index contributed by atoms with van der Waals surface area (Å²) in [5, 5.41) is 8.88. The van der Waals surface area contributed by atoms with Crippen LogP contribution in [-0.4, -0.2) is 31.4 Å². The largest absolute Gasteiger partial charge is 0.352 e. The minimum absolute atomic E-state index is 0.0614. The summed E-state index contributed by atoms with van der Waals surface area (Å²) in [5.41, 5.74) is 1.32. The SMILES string of the molecule is CCCCCCCNCC(=O)Nc1ccc(C(=O)NCCCC)cc1. The third kappa shape index (κ3) is 9.87. The fourth-order valence-corrected chi connectivity index (χ4v) is 2.45. The highest BCUT2D eigenvalue weighted by Gasteiger charge is 2.06. The van der Waals surface area contributed by atoms with Crippen LogP contribution >= 0.6 is 0 Å². The van der Waals surface area contributed by atoms with Crippen molar-refractivity contribution in [2.24, 2.45) is 0 Å². The van der Waals surface area contributed by atoms with E-state index in [1.54, 1.807) is 24.3 Å². The molecule has 0 unspecified atom stereocenters. The number of hydrogen-bond donors (Lipinski definition) is 3. The maximum atomic E-state index is 11.9. The van der Waals surface area contributed by atoms with Crippen molar-refractivity contribution >= 4 is 17.5 Å². The van der Waals surface area contributed by atoms with Gasteiger partial charge in [0.25, 0.3) is 5.91 Å². The van der Waals surface area contributed by atoms with Gasteiger partial charge in [-0.2, -0.15) is 0 Å². The van der Waals surface area contributed by atoms with E-state index in [1.807, 2.05) is 0 Å². The van der Waals surface area contributed by atoms with Crippen LogP contribution in [0.2, 0.25) is 0 Å². The number of unbranched alkanes of at least 4 members (excludes halogenated alkanes) is 5. The Hall–Kier alpha value is -1.88. The summed E-state index contributed by atoms with van der Waals surface area (Å²) in [5.74, 6) is -0.134. The number of hydrogen-bond acceptors (Lipinski definition) is 3. The van der Waals surface area contributed by atoms with Crippen molar-refractivity contribution in [2.45, 2.75) is 58.8 Å². The van der Waals surface area contributed by atoms with E-state index in [9.17, 15) is 9.59 Å². The highest BCUT2D eigenvalue weighted by Crippen LogP contribution is 2.09. The molecule has 1 aromatic rings. The minimum atomic E-state index is -0.0731. The lowest BCUT2D eigenvalue weighted by atomic mass is 10.1. The summed E-state index contributed by atoms with van der Waals surface area (Å²) in [6.07, 6.45) is 8.15. The van der Waals surface area contributed by atoms with Gasteiger partial charge < -0.3 is 16.0 Å². The summed E-state index contributed by atoms with van der Waals surface area (Å²) >= 11 is 0. The van der Waals surface area contributed by atoms with Crippen LogP contribution in [0.15, 0.2) is 24.3 Å². The number of rotatable bonds is 13. The molecule has 0 heterocycles. The third-order valence-corrected chi connectivity index (χ3v) is 3.99. The standard InChI is InChI=1S/C20H33N3O2/c1-3-5-7-8-9-14-21-16-19(24)23-18-12-10-17(11-13-18)20(25)22-15-6-4-2/h10-13,21H,3-9,14-16H2,1-2H3,(H,22,25)(H,23,24). The molecule has 5 nitrogen and oxygen atoms in total. The first kappa shape index (κ1) is 21.2. The molecule has 0 saturated heterocycles. The second-order valence-corrected chi connectivity index (χ2v) is 6.33. The van der Waals surface area contributed by atoms with Gasteiger partial charge in [-0.05, 0) is 43.7 Å². The predicted octanol–water partition coefficient (Wildman–Crippen LogP) is 3.72. The molecule has 1 aromatic carbocycles. The van der Waals surface area contributed by atoms with Gasteiger partial charge in [0.2, 0.25) is 5.91 Å². The Kier molecular flexibility index (Phi) is 11.4. The van der Waals surface area contributed by atoms with Crippen LogP contribution in [0.1, 0.15) is 69.2 Å². The first-order chi connectivity index (χ1) is 12.2. The fourth-order valence-electron chi connectivity index (χ4n) is 2.45. The molecule has 5 heteroatoms. The zero-order valence-electron chi connectivity index (χ0n) is 15.7. The van der Waals surface area contributed by atoms with Gasteiger partial charge in [0.15, 0.2) is 0 Å². The number of carbonyl (C=O) groups excluding carboxylic acids is 2. The lowest BCUT2D eigenvalue weighted by molar-refractivity contribution is -0.115. The molecule has 0 aromatic heterocycles. The third-order valence-electron chi connectivity index (χ3n) is 3.99. The molecule has 140 valence electrons. The molecule has 0 saturated carbocycles. The first-order valence-corrected chi connectivity index (χ1v) is 9.56. The number of amides is 2. The van der Waals surface area contributed by atoms with Crippen molar-refractivity contribution in [3.05, 3.63) is 29.8 Å². The quantitative estimate of drug-likeness (QED) is 0.476. The van der Waals surface area contributed by atoms with E-state index in [4.69, 9.17) is 0 Å². The second kappa shape index (κ2) is 13.4. The molecule has 0 bridgehead atoms. The molecular weight excluding hydrogens is 314 g/mol. The van der Waals surface area contributed by atoms with E-state index in [1.165, 1.54) is 25.7 Å². The van der Waals surface area contributed by atoms with Crippen LogP contribution in [-0.2, 0) is 4.79 Å². The van der Waals surface area contributed by atoms with Gasteiger partial charge in [0.1, 0.15) is 0 Å². The second-order valence-electron chi connectivity index (χ2n) is 6.33. The van der Waals surface area contributed by atoms with E-state index in [-0.39, 0.29) is 11.8 Å². The Balaban J connectivity index is 2.23. The predicted molar refractivity (Wildman–Crippen MR) is 104 cm³/mol. The van der Waals surface area contributed by atoms with Crippen LogP contribution in [0.4, 0.5) is 5.69 Å². The maximum Gasteiger partial charge on any atom is 0.251 e.